The van der Waals surface area contributed by atoms with Crippen LogP contribution >= 0.6 is 23.2 Å². The molecule has 2 aromatic heterocycles. The van der Waals surface area contributed by atoms with Crippen molar-refractivity contribution in [3.63, 3.8) is 0 Å². The minimum atomic E-state index is -0.107. The van der Waals surface area contributed by atoms with Crippen LogP contribution in [0.1, 0.15) is 52.8 Å². The van der Waals surface area contributed by atoms with Crippen LogP contribution in [0, 0.1) is 0 Å². The summed E-state index contributed by atoms with van der Waals surface area (Å²) in [6.07, 6.45) is 4.74. The Morgan fingerprint density at radius 3 is 1.32 bits per heavy atom. The van der Waals surface area contributed by atoms with E-state index in [1.54, 1.807) is 0 Å². The molecular weight excluding hydrogens is 627 g/mol. The predicted molar refractivity (Wildman–Crippen MR) is 192 cm³/mol. The molecule has 0 atom stereocenters. The number of rotatable bonds is 12. The van der Waals surface area contributed by atoms with Gasteiger partial charge in [0.15, 0.2) is 0 Å². The van der Waals surface area contributed by atoms with E-state index < -0.39 is 0 Å². The third kappa shape index (κ3) is 7.97. The summed E-state index contributed by atoms with van der Waals surface area (Å²) in [6, 6.07) is 34.0. The van der Waals surface area contributed by atoms with Gasteiger partial charge in [0, 0.05) is 45.0 Å². The van der Waals surface area contributed by atoms with Gasteiger partial charge in [-0.3, -0.25) is 9.59 Å². The van der Waals surface area contributed by atoms with Crippen LogP contribution in [-0.2, 0) is 0 Å². The van der Waals surface area contributed by atoms with Gasteiger partial charge in [0.1, 0.15) is 0 Å². The van der Waals surface area contributed by atoms with Gasteiger partial charge in [0.05, 0.1) is 33.5 Å². The third-order valence-electron chi connectivity index (χ3n) is 8.13. The van der Waals surface area contributed by atoms with Crippen molar-refractivity contribution in [2.75, 3.05) is 13.1 Å². The normalized spacial score (nSPS) is 11.1. The van der Waals surface area contributed by atoms with Gasteiger partial charge in [-0.05, 0) is 61.4 Å². The van der Waals surface area contributed by atoms with Crippen LogP contribution in [0.25, 0.3) is 44.3 Å². The lowest BCUT2D eigenvalue weighted by molar-refractivity contribution is 0.0947. The average Bonchev–Trinajstić information content (AvgIpc) is 3.10. The molecule has 6 nitrogen and oxygen atoms in total. The number of halogens is 2. The standard InChI is InChI=1S/C39H34Cl2N4O2/c40-28-18-14-26(15-19-28)36-24-32(30-10-4-6-12-34(30)44-36)38(46)42-22-8-2-1-3-9-23-43-39(47)33-25-37(27-16-20-29(41)21-17-27)45-35-13-7-5-11-31(33)35/h4-7,10-21,24-25H,1-3,8-9,22-23H2,(H,42,46)(H,43,47). The third-order valence-corrected chi connectivity index (χ3v) is 8.63. The van der Waals surface area contributed by atoms with E-state index in [1.807, 2.05) is 109 Å². The molecule has 2 heterocycles. The molecule has 2 amide bonds. The molecule has 0 aliphatic heterocycles. The number of benzene rings is 4. The van der Waals surface area contributed by atoms with Crippen LogP contribution in [-0.4, -0.2) is 34.9 Å². The lowest BCUT2D eigenvalue weighted by atomic mass is 10.0. The van der Waals surface area contributed by atoms with Crippen molar-refractivity contribution in [2.24, 2.45) is 0 Å². The molecule has 8 heteroatoms. The Morgan fingerprint density at radius 1 is 0.511 bits per heavy atom. The van der Waals surface area contributed by atoms with Gasteiger partial charge in [0.2, 0.25) is 0 Å². The molecule has 236 valence electrons. The summed E-state index contributed by atoms with van der Waals surface area (Å²) in [4.78, 5) is 36.0. The number of nitrogens with one attached hydrogen (secondary N) is 2. The summed E-state index contributed by atoms with van der Waals surface area (Å²) in [6.45, 7) is 1.18. The fourth-order valence-corrected chi connectivity index (χ4v) is 5.89. The molecule has 2 N–H and O–H groups in total. The minimum absolute atomic E-state index is 0.107. The molecule has 0 radical (unpaired) electrons. The van der Waals surface area contributed by atoms with E-state index in [2.05, 4.69) is 10.6 Å². The van der Waals surface area contributed by atoms with Gasteiger partial charge in [-0.25, -0.2) is 9.97 Å². The van der Waals surface area contributed by atoms with Crippen molar-refractivity contribution in [3.8, 4) is 22.5 Å². The van der Waals surface area contributed by atoms with E-state index in [9.17, 15) is 9.59 Å². The van der Waals surface area contributed by atoms with E-state index in [4.69, 9.17) is 33.2 Å². The molecular formula is C39H34Cl2N4O2. The Balaban J connectivity index is 0.967. The zero-order chi connectivity index (χ0) is 32.6. The van der Waals surface area contributed by atoms with E-state index in [0.29, 0.717) is 34.3 Å². The van der Waals surface area contributed by atoms with Crippen LogP contribution in [0.4, 0.5) is 0 Å². The van der Waals surface area contributed by atoms with Crippen molar-refractivity contribution in [1.29, 1.82) is 0 Å². The lowest BCUT2D eigenvalue weighted by Crippen LogP contribution is -2.25. The van der Waals surface area contributed by atoms with Crippen LogP contribution in [0.15, 0.2) is 109 Å². The van der Waals surface area contributed by atoms with E-state index in [-0.39, 0.29) is 11.8 Å². The number of pyridine rings is 2. The quantitative estimate of drug-likeness (QED) is 0.128. The highest BCUT2D eigenvalue weighted by Gasteiger charge is 2.15. The first-order valence-corrected chi connectivity index (χ1v) is 16.6. The number of unbranched alkanes of at least 4 members (excludes halogenated alkanes) is 4. The molecule has 0 spiro atoms. The average molecular weight is 662 g/mol. The first-order valence-electron chi connectivity index (χ1n) is 15.8. The van der Waals surface area contributed by atoms with Crippen molar-refractivity contribution < 1.29 is 9.59 Å². The summed E-state index contributed by atoms with van der Waals surface area (Å²) in [5.41, 5.74) is 6.04. The van der Waals surface area contributed by atoms with Crippen LogP contribution < -0.4 is 10.6 Å². The Hall–Kier alpha value is -4.78. The van der Waals surface area contributed by atoms with Crippen LogP contribution in [0.5, 0.6) is 0 Å². The molecule has 0 aliphatic rings. The van der Waals surface area contributed by atoms with Crippen LogP contribution in [0.3, 0.4) is 0 Å². The number of carbonyl (C=O) groups excluding carboxylic acids is 2. The highest BCUT2D eigenvalue weighted by Crippen LogP contribution is 2.27. The summed E-state index contributed by atoms with van der Waals surface area (Å²) >= 11 is 12.1. The summed E-state index contributed by atoms with van der Waals surface area (Å²) in [5, 5.41) is 9.14. The summed E-state index contributed by atoms with van der Waals surface area (Å²) in [7, 11) is 0. The minimum Gasteiger partial charge on any atom is -0.352 e. The van der Waals surface area contributed by atoms with E-state index >= 15 is 0 Å². The Labute approximate surface area is 284 Å². The van der Waals surface area contributed by atoms with Crippen molar-refractivity contribution in [1.82, 2.24) is 20.6 Å². The van der Waals surface area contributed by atoms with Gasteiger partial charge < -0.3 is 10.6 Å². The predicted octanol–water partition coefficient (Wildman–Crippen LogP) is 9.53. The van der Waals surface area contributed by atoms with Gasteiger partial charge >= 0.3 is 0 Å². The van der Waals surface area contributed by atoms with Crippen molar-refractivity contribution >= 4 is 56.8 Å². The Morgan fingerprint density at radius 2 is 0.894 bits per heavy atom. The van der Waals surface area contributed by atoms with E-state index in [0.717, 1.165) is 76.4 Å². The van der Waals surface area contributed by atoms with Gasteiger partial charge in [0.25, 0.3) is 11.8 Å². The molecule has 0 unspecified atom stereocenters. The maximum Gasteiger partial charge on any atom is 0.252 e. The van der Waals surface area contributed by atoms with Gasteiger partial charge in [-0.1, -0.05) is 103 Å². The fourth-order valence-electron chi connectivity index (χ4n) is 5.64. The SMILES string of the molecule is O=C(NCCCCCCCNC(=O)c1cc(-c2ccc(Cl)cc2)nc2ccccc12)c1cc(-c2ccc(Cl)cc2)nc2ccccc12. The van der Waals surface area contributed by atoms with Gasteiger partial charge in [-0.15, -0.1) is 0 Å². The summed E-state index contributed by atoms with van der Waals surface area (Å²) in [5.74, 6) is -0.214. The second kappa shape index (κ2) is 15.2. The zero-order valence-corrected chi connectivity index (χ0v) is 27.3. The molecule has 0 saturated carbocycles. The van der Waals surface area contributed by atoms with Crippen LogP contribution in [0.2, 0.25) is 10.0 Å². The number of fused-ring (bicyclic) bond motifs is 2. The van der Waals surface area contributed by atoms with Crippen molar-refractivity contribution in [2.45, 2.75) is 32.1 Å². The molecule has 6 rings (SSSR count). The molecule has 6 aromatic rings. The number of amides is 2. The fraction of sp³-hybridized carbons (Fsp3) is 0.179. The highest BCUT2D eigenvalue weighted by atomic mass is 35.5. The number of hydrogen-bond acceptors (Lipinski definition) is 4. The lowest BCUT2D eigenvalue weighted by Gasteiger charge is -2.11. The zero-order valence-electron chi connectivity index (χ0n) is 25.8. The van der Waals surface area contributed by atoms with Crippen molar-refractivity contribution in [3.05, 3.63) is 130 Å². The Kier molecular flexibility index (Phi) is 10.4. The van der Waals surface area contributed by atoms with Gasteiger partial charge in [-0.2, -0.15) is 0 Å². The summed E-state index contributed by atoms with van der Waals surface area (Å²) < 4.78 is 0. The number of aromatic nitrogens is 2. The molecule has 4 aromatic carbocycles. The Bertz CT molecular complexity index is 1880. The first-order chi connectivity index (χ1) is 23.0. The first kappa shape index (κ1) is 32.2. The molecule has 47 heavy (non-hydrogen) atoms. The maximum atomic E-state index is 13.2. The monoisotopic (exact) mass is 660 g/mol. The second-order valence-electron chi connectivity index (χ2n) is 11.4. The highest BCUT2D eigenvalue weighted by molar-refractivity contribution is 6.31. The molecule has 0 bridgehead atoms. The largest absolute Gasteiger partial charge is 0.352 e. The molecule has 0 saturated heterocycles. The van der Waals surface area contributed by atoms with E-state index in [1.165, 1.54) is 0 Å². The topological polar surface area (TPSA) is 84.0 Å². The number of carbonyl (C=O) groups is 2. The number of hydrogen-bond donors (Lipinski definition) is 2. The maximum absolute atomic E-state index is 13.2. The molecule has 0 aliphatic carbocycles. The molecule has 0 fully saturated rings. The smallest absolute Gasteiger partial charge is 0.252 e. The second-order valence-corrected chi connectivity index (χ2v) is 12.3. The number of nitrogens with zero attached hydrogens (tertiary/aromatic N) is 2. The number of para-hydroxylation sites is 2.